The molecule has 8 heavy (non-hydrogen) atoms. The van der Waals surface area contributed by atoms with Crippen LogP contribution in [0.15, 0.2) is 11.6 Å². The van der Waals surface area contributed by atoms with E-state index >= 15 is 0 Å². The lowest BCUT2D eigenvalue weighted by Gasteiger charge is -1.87. The van der Waals surface area contributed by atoms with Gasteiger partial charge in [0.2, 0.25) is 6.29 Å². The van der Waals surface area contributed by atoms with Crippen LogP contribution in [0.5, 0.6) is 0 Å². The summed E-state index contributed by atoms with van der Waals surface area (Å²) in [6.45, 7) is 3.99. The second-order valence-electron chi connectivity index (χ2n) is 1.78. The van der Waals surface area contributed by atoms with E-state index in [0.29, 0.717) is 6.42 Å². The summed E-state index contributed by atoms with van der Waals surface area (Å²) in [5.74, 6) is 0. The minimum Gasteiger partial charge on any atom is -0.291 e. The normalized spacial score (nSPS) is 11.5. The molecule has 45 valence electrons. The summed E-state index contributed by atoms with van der Waals surface area (Å²) < 4.78 is 0. The van der Waals surface area contributed by atoms with Gasteiger partial charge in [-0.1, -0.05) is 18.6 Å². The number of allylic oxidation sites excluding steroid dienone is 2. The Morgan fingerprint density at radius 1 is 1.75 bits per heavy atom. The van der Waals surface area contributed by atoms with Gasteiger partial charge in [0.1, 0.15) is 0 Å². The van der Waals surface area contributed by atoms with Crippen molar-refractivity contribution in [2.24, 2.45) is 0 Å². The summed E-state index contributed by atoms with van der Waals surface area (Å²) in [7, 11) is 0. The summed E-state index contributed by atoms with van der Waals surface area (Å²) >= 11 is 0. The third-order valence-corrected chi connectivity index (χ3v) is 0.904. The highest BCUT2D eigenvalue weighted by Gasteiger charge is 1.83. The average molecular weight is 111 g/mol. The first-order valence-electron chi connectivity index (χ1n) is 2.82. The molecule has 1 radical (unpaired) electrons. The molecule has 0 saturated heterocycles. The molecule has 1 nitrogen and oxygen atoms in total. The van der Waals surface area contributed by atoms with Gasteiger partial charge >= 0.3 is 0 Å². The van der Waals surface area contributed by atoms with Crippen molar-refractivity contribution >= 4 is 6.29 Å². The molecule has 0 atom stereocenters. The number of carbonyl (C=O) groups excluding carboxylic acids is 1. The molecule has 0 aromatic heterocycles. The third kappa shape index (κ3) is 3.59. The maximum atomic E-state index is 9.72. The SMILES string of the molecule is CCC=C(C)C[C]=O. The maximum absolute atomic E-state index is 9.72. The van der Waals surface area contributed by atoms with Gasteiger partial charge < -0.3 is 0 Å². The fourth-order valence-electron chi connectivity index (χ4n) is 0.534. The van der Waals surface area contributed by atoms with E-state index in [1.807, 2.05) is 26.2 Å². The van der Waals surface area contributed by atoms with Gasteiger partial charge in [-0.3, -0.25) is 4.79 Å². The van der Waals surface area contributed by atoms with Crippen LogP contribution in [0.2, 0.25) is 0 Å². The van der Waals surface area contributed by atoms with Crippen LogP contribution in [0.25, 0.3) is 0 Å². The lowest BCUT2D eigenvalue weighted by molar-refractivity contribution is 0.555. The van der Waals surface area contributed by atoms with Gasteiger partial charge in [-0.2, -0.15) is 0 Å². The first-order chi connectivity index (χ1) is 3.81. The Bertz CT molecular complexity index is 92.6. The summed E-state index contributed by atoms with van der Waals surface area (Å²) in [5, 5.41) is 0. The van der Waals surface area contributed by atoms with Gasteiger partial charge in [0.15, 0.2) is 0 Å². The molecular weight excluding hydrogens is 100 g/mol. The monoisotopic (exact) mass is 111 g/mol. The van der Waals surface area contributed by atoms with Crippen molar-refractivity contribution < 1.29 is 4.79 Å². The molecule has 0 amide bonds. The quantitative estimate of drug-likeness (QED) is 0.508. The molecule has 1 heteroatoms. The first-order valence-corrected chi connectivity index (χ1v) is 2.82. The van der Waals surface area contributed by atoms with Crippen LogP contribution in [0, 0.1) is 0 Å². The van der Waals surface area contributed by atoms with E-state index in [0.717, 1.165) is 12.0 Å². The molecular formula is C7H11O. The van der Waals surface area contributed by atoms with Crippen LogP contribution >= 0.6 is 0 Å². The van der Waals surface area contributed by atoms with Crippen LogP contribution in [0.1, 0.15) is 26.7 Å². The van der Waals surface area contributed by atoms with Crippen molar-refractivity contribution in [1.82, 2.24) is 0 Å². The molecule has 0 fully saturated rings. The maximum Gasteiger partial charge on any atom is 0.202 e. The molecule has 0 aliphatic carbocycles. The predicted octanol–water partition coefficient (Wildman–Crippen LogP) is 1.84. The van der Waals surface area contributed by atoms with Gasteiger partial charge in [-0.05, 0) is 13.3 Å². The highest BCUT2D eigenvalue weighted by molar-refractivity contribution is 5.54. The fourth-order valence-corrected chi connectivity index (χ4v) is 0.534. The molecule has 0 aromatic carbocycles. The molecule has 0 spiro atoms. The van der Waals surface area contributed by atoms with Crippen molar-refractivity contribution in [2.75, 3.05) is 0 Å². The molecule has 0 heterocycles. The number of hydrogen-bond acceptors (Lipinski definition) is 1. The topological polar surface area (TPSA) is 17.1 Å². The zero-order valence-electron chi connectivity index (χ0n) is 5.40. The number of rotatable bonds is 3. The number of hydrogen-bond donors (Lipinski definition) is 0. The Hall–Kier alpha value is -0.590. The summed E-state index contributed by atoms with van der Waals surface area (Å²) in [6, 6.07) is 0. The minimum atomic E-state index is 0.466. The van der Waals surface area contributed by atoms with E-state index < -0.39 is 0 Å². The molecule has 0 aromatic rings. The van der Waals surface area contributed by atoms with Gasteiger partial charge in [-0.25, -0.2) is 0 Å². The molecule has 0 saturated carbocycles. The van der Waals surface area contributed by atoms with Crippen LogP contribution < -0.4 is 0 Å². The van der Waals surface area contributed by atoms with Crippen molar-refractivity contribution in [1.29, 1.82) is 0 Å². The van der Waals surface area contributed by atoms with Gasteiger partial charge in [0.25, 0.3) is 0 Å². The third-order valence-electron chi connectivity index (χ3n) is 0.904. The van der Waals surface area contributed by atoms with Gasteiger partial charge in [0.05, 0.1) is 0 Å². The van der Waals surface area contributed by atoms with Crippen molar-refractivity contribution in [3.05, 3.63) is 11.6 Å². The second kappa shape index (κ2) is 4.57. The van der Waals surface area contributed by atoms with Crippen LogP contribution in [0.4, 0.5) is 0 Å². The van der Waals surface area contributed by atoms with Gasteiger partial charge in [0, 0.05) is 6.42 Å². The highest BCUT2D eigenvalue weighted by Crippen LogP contribution is 1.96. The summed E-state index contributed by atoms with van der Waals surface area (Å²) in [4.78, 5) is 9.72. The van der Waals surface area contributed by atoms with E-state index in [1.165, 1.54) is 0 Å². The van der Waals surface area contributed by atoms with Crippen LogP contribution in [-0.2, 0) is 4.79 Å². The van der Waals surface area contributed by atoms with E-state index in [9.17, 15) is 4.79 Å². The average Bonchev–Trinajstić information content (AvgIpc) is 1.68. The van der Waals surface area contributed by atoms with Gasteiger partial charge in [-0.15, -0.1) is 0 Å². The Morgan fingerprint density at radius 3 is 2.75 bits per heavy atom. The fraction of sp³-hybridized carbons (Fsp3) is 0.571. The Balaban J connectivity index is 3.44. The zero-order valence-corrected chi connectivity index (χ0v) is 5.40. The van der Waals surface area contributed by atoms with Crippen molar-refractivity contribution in [2.45, 2.75) is 26.7 Å². The second-order valence-corrected chi connectivity index (χ2v) is 1.78. The lowest BCUT2D eigenvalue weighted by atomic mass is 10.2. The molecule has 0 rings (SSSR count). The van der Waals surface area contributed by atoms with E-state index in [-0.39, 0.29) is 0 Å². The van der Waals surface area contributed by atoms with Crippen LogP contribution in [-0.4, -0.2) is 6.29 Å². The van der Waals surface area contributed by atoms with Crippen molar-refractivity contribution in [3.8, 4) is 0 Å². The lowest BCUT2D eigenvalue weighted by Crippen LogP contribution is -1.75. The van der Waals surface area contributed by atoms with Crippen molar-refractivity contribution in [3.63, 3.8) is 0 Å². The Morgan fingerprint density at radius 2 is 2.38 bits per heavy atom. The summed E-state index contributed by atoms with van der Waals surface area (Å²) in [5.41, 5.74) is 1.11. The Labute approximate surface area is 50.4 Å². The largest absolute Gasteiger partial charge is 0.291 e. The minimum absolute atomic E-state index is 0.466. The smallest absolute Gasteiger partial charge is 0.202 e. The highest BCUT2D eigenvalue weighted by atomic mass is 16.1. The zero-order chi connectivity index (χ0) is 6.41. The molecule has 0 bridgehead atoms. The molecule has 0 N–H and O–H groups in total. The standard InChI is InChI=1S/C7H11O/c1-3-4-7(2)5-6-8/h4H,3,5H2,1-2H3. The summed E-state index contributed by atoms with van der Waals surface area (Å²) in [6.07, 6.45) is 5.34. The first kappa shape index (κ1) is 7.41. The predicted molar refractivity (Wildman–Crippen MR) is 34.4 cm³/mol. The molecule has 0 aliphatic rings. The van der Waals surface area contributed by atoms with E-state index in [4.69, 9.17) is 0 Å². The Kier molecular flexibility index (Phi) is 4.23. The molecule has 0 aliphatic heterocycles. The van der Waals surface area contributed by atoms with E-state index in [1.54, 1.807) is 0 Å². The molecule has 0 unspecified atom stereocenters. The van der Waals surface area contributed by atoms with Crippen LogP contribution in [0.3, 0.4) is 0 Å². The van der Waals surface area contributed by atoms with E-state index in [2.05, 4.69) is 0 Å².